The van der Waals surface area contributed by atoms with Gasteiger partial charge in [0.1, 0.15) is 12.4 Å². The van der Waals surface area contributed by atoms with Crippen molar-refractivity contribution in [3.8, 4) is 6.07 Å². The molecule has 0 saturated heterocycles. The molecule has 6 nitrogen and oxygen atoms in total. The largest absolute Gasteiger partial charge is 0.302 e. The van der Waals surface area contributed by atoms with E-state index in [0.29, 0.717) is 17.4 Å². The monoisotopic (exact) mass is 377 g/mol. The number of nitriles is 1. The van der Waals surface area contributed by atoms with Crippen molar-refractivity contribution in [2.45, 2.75) is 18.6 Å². The minimum absolute atomic E-state index is 0.0130. The number of aryl methyl sites for hydroxylation is 1. The van der Waals surface area contributed by atoms with Gasteiger partial charge in [-0.1, -0.05) is 60.3 Å². The van der Waals surface area contributed by atoms with Crippen molar-refractivity contribution >= 4 is 23.4 Å². The molecular formula is C20H19N5OS. The van der Waals surface area contributed by atoms with Crippen LogP contribution in [0.1, 0.15) is 11.4 Å². The number of hydrogen-bond donors (Lipinski definition) is 0. The van der Waals surface area contributed by atoms with Crippen LogP contribution in [0.5, 0.6) is 0 Å². The standard InChI is InChI=1S/C20H19N5OS/c1-16-22-23-20(25(16)14-17-8-4-2-5-9-17)27-15-19(26)24(13-12-21)18-10-6-3-7-11-18/h2-11H,13-15H2,1H3. The number of para-hydroxylation sites is 1. The highest BCUT2D eigenvalue weighted by molar-refractivity contribution is 7.99. The smallest absolute Gasteiger partial charge is 0.238 e. The zero-order valence-electron chi connectivity index (χ0n) is 14.9. The lowest BCUT2D eigenvalue weighted by molar-refractivity contribution is -0.116. The topological polar surface area (TPSA) is 74.8 Å². The van der Waals surface area contributed by atoms with Crippen LogP contribution in [0, 0.1) is 18.3 Å². The lowest BCUT2D eigenvalue weighted by atomic mass is 10.2. The molecule has 2 aromatic carbocycles. The van der Waals surface area contributed by atoms with E-state index >= 15 is 0 Å². The van der Waals surface area contributed by atoms with Gasteiger partial charge in [-0.25, -0.2) is 0 Å². The SMILES string of the molecule is Cc1nnc(SCC(=O)N(CC#N)c2ccccc2)n1Cc1ccccc1. The number of carbonyl (C=O) groups excluding carboxylic acids is 1. The van der Waals surface area contributed by atoms with Crippen molar-refractivity contribution in [1.82, 2.24) is 14.8 Å². The maximum Gasteiger partial charge on any atom is 0.238 e. The fourth-order valence-corrected chi connectivity index (χ4v) is 3.48. The number of anilines is 1. The normalized spacial score (nSPS) is 10.4. The molecule has 0 unspecified atom stereocenters. The van der Waals surface area contributed by atoms with E-state index in [9.17, 15) is 4.79 Å². The lowest BCUT2D eigenvalue weighted by Gasteiger charge is -2.19. The van der Waals surface area contributed by atoms with E-state index < -0.39 is 0 Å². The minimum Gasteiger partial charge on any atom is -0.302 e. The third-order valence-corrected chi connectivity index (χ3v) is 4.96. The molecule has 0 aliphatic rings. The van der Waals surface area contributed by atoms with Crippen molar-refractivity contribution in [2.24, 2.45) is 0 Å². The average molecular weight is 377 g/mol. The van der Waals surface area contributed by atoms with E-state index in [4.69, 9.17) is 5.26 Å². The Kier molecular flexibility index (Phi) is 6.23. The molecule has 0 aliphatic heterocycles. The summed E-state index contributed by atoms with van der Waals surface area (Å²) >= 11 is 1.33. The number of benzene rings is 2. The van der Waals surface area contributed by atoms with Gasteiger partial charge in [0.15, 0.2) is 5.16 Å². The van der Waals surface area contributed by atoms with Crippen molar-refractivity contribution in [2.75, 3.05) is 17.2 Å². The number of hydrogen-bond acceptors (Lipinski definition) is 5. The molecule has 0 spiro atoms. The number of rotatable bonds is 7. The van der Waals surface area contributed by atoms with Gasteiger partial charge in [-0.3, -0.25) is 9.69 Å². The number of amides is 1. The summed E-state index contributed by atoms with van der Waals surface area (Å²) in [6, 6.07) is 21.3. The van der Waals surface area contributed by atoms with Crippen molar-refractivity contribution < 1.29 is 4.79 Å². The van der Waals surface area contributed by atoms with Gasteiger partial charge in [-0.05, 0) is 24.6 Å². The van der Waals surface area contributed by atoms with E-state index in [2.05, 4.69) is 16.3 Å². The first kappa shape index (κ1) is 18.7. The van der Waals surface area contributed by atoms with Crippen LogP contribution in [-0.4, -0.2) is 33.0 Å². The summed E-state index contributed by atoms with van der Waals surface area (Å²) in [5.41, 5.74) is 1.86. The maximum atomic E-state index is 12.7. The second-order valence-electron chi connectivity index (χ2n) is 5.86. The molecule has 3 rings (SSSR count). The Labute approximate surface area is 162 Å². The summed E-state index contributed by atoms with van der Waals surface area (Å²) < 4.78 is 1.99. The quantitative estimate of drug-likeness (QED) is 0.467. The van der Waals surface area contributed by atoms with Gasteiger partial charge < -0.3 is 4.57 Å². The predicted octanol–water partition coefficient (Wildman–Crippen LogP) is 3.28. The lowest BCUT2D eigenvalue weighted by Crippen LogP contribution is -2.32. The number of aromatic nitrogens is 3. The first-order valence-corrected chi connectivity index (χ1v) is 9.46. The summed E-state index contributed by atoms with van der Waals surface area (Å²) in [5, 5.41) is 18.1. The molecule has 3 aromatic rings. The second-order valence-corrected chi connectivity index (χ2v) is 6.81. The van der Waals surface area contributed by atoms with Gasteiger partial charge in [-0.2, -0.15) is 5.26 Å². The average Bonchev–Trinajstić information content (AvgIpc) is 3.05. The van der Waals surface area contributed by atoms with Crippen LogP contribution in [0.3, 0.4) is 0 Å². The number of thioether (sulfide) groups is 1. The molecule has 0 N–H and O–H groups in total. The van der Waals surface area contributed by atoms with Crippen molar-refractivity contribution in [3.05, 3.63) is 72.1 Å². The van der Waals surface area contributed by atoms with Gasteiger partial charge in [0.25, 0.3) is 0 Å². The molecule has 0 aliphatic carbocycles. The van der Waals surface area contributed by atoms with Crippen LogP contribution >= 0.6 is 11.8 Å². The second kappa shape index (κ2) is 9.01. The maximum absolute atomic E-state index is 12.7. The Bertz CT molecular complexity index is 934. The van der Waals surface area contributed by atoms with Crippen molar-refractivity contribution in [1.29, 1.82) is 5.26 Å². The molecule has 0 saturated carbocycles. The molecule has 1 heterocycles. The first-order chi connectivity index (χ1) is 13.2. The Morgan fingerprint density at radius 1 is 1.11 bits per heavy atom. The molecule has 0 radical (unpaired) electrons. The van der Waals surface area contributed by atoms with Crippen molar-refractivity contribution in [3.63, 3.8) is 0 Å². The molecule has 1 amide bonds. The van der Waals surface area contributed by atoms with Gasteiger partial charge in [-0.15, -0.1) is 10.2 Å². The summed E-state index contributed by atoms with van der Waals surface area (Å²) in [5.74, 6) is 0.842. The fraction of sp³-hybridized carbons (Fsp3) is 0.200. The molecule has 1 aromatic heterocycles. The highest BCUT2D eigenvalue weighted by Crippen LogP contribution is 2.21. The highest BCUT2D eigenvalue weighted by Gasteiger charge is 2.18. The Morgan fingerprint density at radius 2 is 1.78 bits per heavy atom. The van der Waals surface area contributed by atoms with Crippen LogP contribution in [-0.2, 0) is 11.3 Å². The Morgan fingerprint density at radius 3 is 2.44 bits per heavy atom. The van der Waals surface area contributed by atoms with E-state index in [0.717, 1.165) is 11.4 Å². The molecule has 27 heavy (non-hydrogen) atoms. The summed E-state index contributed by atoms with van der Waals surface area (Å²) in [7, 11) is 0. The van der Waals surface area contributed by atoms with Gasteiger partial charge in [0, 0.05) is 5.69 Å². The summed E-state index contributed by atoms with van der Waals surface area (Å²) in [6.07, 6.45) is 0. The fourth-order valence-electron chi connectivity index (χ4n) is 2.62. The van der Waals surface area contributed by atoms with E-state index in [1.165, 1.54) is 16.7 Å². The molecule has 7 heteroatoms. The summed E-state index contributed by atoms with van der Waals surface area (Å²) in [4.78, 5) is 14.2. The zero-order chi connectivity index (χ0) is 19.1. The zero-order valence-corrected chi connectivity index (χ0v) is 15.8. The minimum atomic E-state index is -0.139. The van der Waals surface area contributed by atoms with Gasteiger partial charge in [0.2, 0.25) is 5.91 Å². The van der Waals surface area contributed by atoms with Crippen LogP contribution in [0.4, 0.5) is 5.69 Å². The van der Waals surface area contributed by atoms with E-state index in [1.54, 1.807) is 0 Å². The van der Waals surface area contributed by atoms with Gasteiger partial charge in [0.05, 0.1) is 18.4 Å². The highest BCUT2D eigenvalue weighted by atomic mass is 32.2. The van der Waals surface area contributed by atoms with Crippen LogP contribution in [0.15, 0.2) is 65.8 Å². The number of nitrogens with zero attached hydrogens (tertiary/aromatic N) is 5. The molecular weight excluding hydrogens is 358 g/mol. The van der Waals surface area contributed by atoms with Gasteiger partial charge >= 0.3 is 0 Å². The number of carbonyl (C=O) groups is 1. The Balaban J connectivity index is 1.71. The Hall–Kier alpha value is -3.11. The molecule has 0 atom stereocenters. The third kappa shape index (κ3) is 4.74. The predicted molar refractivity (Wildman–Crippen MR) is 105 cm³/mol. The molecule has 0 fully saturated rings. The van der Waals surface area contributed by atoms with Crippen LogP contribution in [0.2, 0.25) is 0 Å². The van der Waals surface area contributed by atoms with E-state index in [-0.39, 0.29) is 18.2 Å². The van der Waals surface area contributed by atoms with E-state index in [1.807, 2.05) is 72.2 Å². The molecule has 0 bridgehead atoms. The first-order valence-electron chi connectivity index (χ1n) is 8.48. The summed E-state index contributed by atoms with van der Waals surface area (Å²) in [6.45, 7) is 2.56. The molecule has 136 valence electrons. The van der Waals surface area contributed by atoms with Crippen LogP contribution in [0.25, 0.3) is 0 Å². The third-order valence-electron chi connectivity index (χ3n) is 4.01. The van der Waals surface area contributed by atoms with Crippen LogP contribution < -0.4 is 4.90 Å².